The van der Waals surface area contributed by atoms with Crippen molar-refractivity contribution in [3.63, 3.8) is 0 Å². The van der Waals surface area contributed by atoms with Crippen LogP contribution in [-0.2, 0) is 11.2 Å². The van der Waals surface area contributed by atoms with Gasteiger partial charge in [-0.3, -0.25) is 4.79 Å². The number of phenolic OH excluding ortho intramolecular Hbond substituents is 1. The predicted octanol–water partition coefficient (Wildman–Crippen LogP) is 3.69. The summed E-state index contributed by atoms with van der Waals surface area (Å²) in [4.78, 5) is 12.0. The molecule has 0 aliphatic heterocycles. The number of halogens is 1. The Hall–Kier alpha value is -2.79. The van der Waals surface area contributed by atoms with Gasteiger partial charge in [-0.2, -0.15) is 5.10 Å². The molecule has 0 fully saturated rings. The number of nitrogens with one attached hydrogen (secondary N) is 1. The normalized spacial score (nSPS) is 11.9. The van der Waals surface area contributed by atoms with E-state index in [9.17, 15) is 9.90 Å². The van der Waals surface area contributed by atoms with Gasteiger partial charge in [-0.05, 0) is 43.2 Å². The van der Waals surface area contributed by atoms with Gasteiger partial charge in [0, 0.05) is 10.6 Å². The minimum Gasteiger partial charge on any atom is -0.507 e. The number of benzene rings is 2. The SMILES string of the molecule is C=CCc1cccc(/C=N\NC(=O)[C@H](C)Oc2cccc(Cl)c2)c1O. The van der Waals surface area contributed by atoms with E-state index in [1.54, 1.807) is 55.5 Å². The number of allylic oxidation sites excluding steroid dienone is 1. The number of nitrogens with zero attached hydrogens (tertiary/aromatic N) is 1. The number of para-hydroxylation sites is 1. The van der Waals surface area contributed by atoms with Gasteiger partial charge in [-0.1, -0.05) is 35.9 Å². The van der Waals surface area contributed by atoms with E-state index in [1.165, 1.54) is 6.21 Å². The topological polar surface area (TPSA) is 70.9 Å². The van der Waals surface area contributed by atoms with E-state index in [2.05, 4.69) is 17.1 Å². The molecule has 2 rings (SSSR count). The summed E-state index contributed by atoms with van der Waals surface area (Å²) in [6, 6.07) is 12.1. The monoisotopic (exact) mass is 358 g/mol. The van der Waals surface area contributed by atoms with Gasteiger partial charge in [-0.25, -0.2) is 5.43 Å². The molecular formula is C19H19ClN2O3. The van der Waals surface area contributed by atoms with E-state index in [0.29, 0.717) is 22.8 Å². The Labute approximate surface area is 151 Å². The summed E-state index contributed by atoms with van der Waals surface area (Å²) in [5.41, 5.74) is 3.63. The number of phenols is 1. The molecule has 0 saturated carbocycles. The van der Waals surface area contributed by atoms with Crippen LogP contribution >= 0.6 is 11.6 Å². The number of amides is 1. The standard InChI is InChI=1S/C19H19ClN2O3/c1-3-6-14-7-4-8-15(18(14)23)12-21-22-19(24)13(2)25-17-10-5-9-16(20)11-17/h3-5,7-13,23H,1,6H2,2H3,(H,22,24)/b21-12-/t13-/m0/s1. The first-order valence-corrected chi connectivity index (χ1v) is 8.06. The summed E-state index contributed by atoms with van der Waals surface area (Å²) in [7, 11) is 0. The van der Waals surface area contributed by atoms with Crippen molar-refractivity contribution in [3.8, 4) is 11.5 Å². The Morgan fingerprint density at radius 1 is 1.40 bits per heavy atom. The number of hydrogen-bond acceptors (Lipinski definition) is 4. The molecule has 2 N–H and O–H groups in total. The van der Waals surface area contributed by atoms with Crippen LogP contribution in [-0.4, -0.2) is 23.3 Å². The number of carbonyl (C=O) groups excluding carboxylic acids is 1. The maximum Gasteiger partial charge on any atom is 0.280 e. The van der Waals surface area contributed by atoms with Crippen LogP contribution in [0, 0.1) is 0 Å². The largest absolute Gasteiger partial charge is 0.507 e. The molecule has 25 heavy (non-hydrogen) atoms. The van der Waals surface area contributed by atoms with Crippen molar-refractivity contribution in [2.45, 2.75) is 19.4 Å². The third-order valence-electron chi connectivity index (χ3n) is 3.37. The Bertz CT molecular complexity index is 790. The van der Waals surface area contributed by atoms with Crippen molar-refractivity contribution in [1.29, 1.82) is 0 Å². The van der Waals surface area contributed by atoms with Crippen LogP contribution in [0.1, 0.15) is 18.1 Å². The first-order valence-electron chi connectivity index (χ1n) is 7.68. The summed E-state index contributed by atoms with van der Waals surface area (Å²) in [6.45, 7) is 5.25. The maximum absolute atomic E-state index is 12.0. The molecule has 2 aromatic rings. The minimum absolute atomic E-state index is 0.114. The average molecular weight is 359 g/mol. The molecule has 6 heteroatoms. The molecule has 130 valence electrons. The quantitative estimate of drug-likeness (QED) is 0.450. The van der Waals surface area contributed by atoms with E-state index in [1.807, 2.05) is 0 Å². The van der Waals surface area contributed by atoms with E-state index < -0.39 is 12.0 Å². The highest BCUT2D eigenvalue weighted by Gasteiger charge is 2.14. The Balaban J connectivity index is 1.96. The van der Waals surface area contributed by atoms with E-state index in [-0.39, 0.29) is 5.75 Å². The summed E-state index contributed by atoms with van der Waals surface area (Å²) in [6.07, 6.45) is 2.87. The van der Waals surface area contributed by atoms with Crippen LogP contribution in [0.5, 0.6) is 11.5 Å². The lowest BCUT2D eigenvalue weighted by atomic mass is 10.1. The van der Waals surface area contributed by atoms with Crippen molar-refractivity contribution >= 4 is 23.7 Å². The Morgan fingerprint density at radius 3 is 2.88 bits per heavy atom. The van der Waals surface area contributed by atoms with Gasteiger partial charge in [0.1, 0.15) is 11.5 Å². The zero-order valence-corrected chi connectivity index (χ0v) is 14.5. The van der Waals surface area contributed by atoms with Crippen LogP contribution in [0.25, 0.3) is 0 Å². The summed E-state index contributed by atoms with van der Waals surface area (Å²) >= 11 is 5.88. The molecule has 0 saturated heterocycles. The molecule has 1 amide bonds. The fourth-order valence-corrected chi connectivity index (χ4v) is 2.27. The highest BCUT2D eigenvalue weighted by atomic mass is 35.5. The van der Waals surface area contributed by atoms with Crippen molar-refractivity contribution in [2.75, 3.05) is 0 Å². The predicted molar refractivity (Wildman–Crippen MR) is 99.3 cm³/mol. The molecule has 0 bridgehead atoms. The lowest BCUT2D eigenvalue weighted by Crippen LogP contribution is -2.33. The fourth-order valence-electron chi connectivity index (χ4n) is 2.09. The van der Waals surface area contributed by atoms with Crippen molar-refractivity contribution in [3.05, 3.63) is 71.3 Å². The average Bonchev–Trinajstić information content (AvgIpc) is 2.58. The molecule has 0 radical (unpaired) electrons. The van der Waals surface area contributed by atoms with Gasteiger partial charge in [0.25, 0.3) is 5.91 Å². The first-order chi connectivity index (χ1) is 12.0. The molecule has 0 spiro atoms. The molecule has 0 aliphatic carbocycles. The van der Waals surface area contributed by atoms with Crippen molar-refractivity contribution in [2.24, 2.45) is 5.10 Å². The molecule has 0 aliphatic rings. The minimum atomic E-state index is -0.753. The summed E-state index contributed by atoms with van der Waals surface area (Å²) < 4.78 is 5.50. The molecule has 0 heterocycles. The van der Waals surface area contributed by atoms with Crippen molar-refractivity contribution < 1.29 is 14.6 Å². The van der Waals surface area contributed by atoms with Gasteiger partial charge in [0.2, 0.25) is 0 Å². The van der Waals surface area contributed by atoms with Crippen LogP contribution in [0.15, 0.2) is 60.2 Å². The van der Waals surface area contributed by atoms with Crippen LogP contribution in [0.4, 0.5) is 0 Å². The highest BCUT2D eigenvalue weighted by molar-refractivity contribution is 6.30. The number of carbonyl (C=O) groups is 1. The van der Waals surface area contributed by atoms with Gasteiger partial charge >= 0.3 is 0 Å². The van der Waals surface area contributed by atoms with Crippen LogP contribution in [0.3, 0.4) is 0 Å². The van der Waals surface area contributed by atoms with Gasteiger partial charge in [0.15, 0.2) is 6.10 Å². The van der Waals surface area contributed by atoms with Gasteiger partial charge in [0.05, 0.1) is 6.21 Å². The number of rotatable bonds is 7. The van der Waals surface area contributed by atoms with Gasteiger partial charge < -0.3 is 9.84 Å². The molecular weight excluding hydrogens is 340 g/mol. The number of hydrazone groups is 1. The highest BCUT2D eigenvalue weighted by Crippen LogP contribution is 2.21. The third-order valence-corrected chi connectivity index (χ3v) is 3.61. The zero-order valence-electron chi connectivity index (χ0n) is 13.8. The lowest BCUT2D eigenvalue weighted by molar-refractivity contribution is -0.127. The Morgan fingerprint density at radius 2 is 2.16 bits per heavy atom. The smallest absolute Gasteiger partial charge is 0.280 e. The molecule has 5 nitrogen and oxygen atoms in total. The molecule has 0 aromatic heterocycles. The number of hydrogen-bond donors (Lipinski definition) is 2. The van der Waals surface area contributed by atoms with Gasteiger partial charge in [-0.15, -0.1) is 6.58 Å². The van der Waals surface area contributed by atoms with Crippen LogP contribution in [0.2, 0.25) is 5.02 Å². The van der Waals surface area contributed by atoms with E-state index in [0.717, 1.165) is 5.56 Å². The molecule has 1 atom stereocenters. The zero-order chi connectivity index (χ0) is 18.2. The Kier molecular flexibility index (Phi) is 6.60. The van der Waals surface area contributed by atoms with E-state index in [4.69, 9.17) is 16.3 Å². The second kappa shape index (κ2) is 8.89. The molecule has 2 aromatic carbocycles. The fraction of sp³-hybridized carbons (Fsp3) is 0.158. The van der Waals surface area contributed by atoms with Crippen molar-refractivity contribution in [1.82, 2.24) is 5.43 Å². The van der Waals surface area contributed by atoms with E-state index >= 15 is 0 Å². The number of ether oxygens (including phenoxy) is 1. The third kappa shape index (κ3) is 5.36. The first kappa shape index (κ1) is 18.5. The second-order valence-corrected chi connectivity index (χ2v) is 5.74. The maximum atomic E-state index is 12.0. The molecule has 0 unspecified atom stereocenters. The summed E-state index contributed by atoms with van der Waals surface area (Å²) in [5, 5.41) is 14.5. The lowest BCUT2D eigenvalue weighted by Gasteiger charge is -2.13. The van der Waals surface area contributed by atoms with Crippen LogP contribution < -0.4 is 10.2 Å². The second-order valence-electron chi connectivity index (χ2n) is 5.30. The number of aromatic hydroxyl groups is 1. The summed E-state index contributed by atoms with van der Waals surface area (Å²) in [5.74, 6) is 0.190.